The first kappa shape index (κ1) is 10.5. The molecule has 0 bridgehead atoms. The van der Waals surface area contributed by atoms with E-state index in [1.54, 1.807) is 12.1 Å². The molecule has 5 nitrogen and oxygen atoms in total. The van der Waals surface area contributed by atoms with Crippen molar-refractivity contribution in [3.63, 3.8) is 0 Å². The van der Waals surface area contributed by atoms with Crippen LogP contribution < -0.4 is 0 Å². The van der Waals surface area contributed by atoms with E-state index in [-0.39, 0.29) is 12.2 Å². The number of carboxylic acids is 1. The number of aliphatic carboxylic acids is 1. The Hall–Kier alpha value is -2.04. The molecule has 0 saturated carbocycles. The largest absolute Gasteiger partial charge is 0.508 e. The molecule has 16 heavy (non-hydrogen) atoms. The molecule has 0 radical (unpaired) electrons. The molecular formula is C11H10O5. The van der Waals surface area contributed by atoms with E-state index in [0.29, 0.717) is 5.56 Å². The van der Waals surface area contributed by atoms with Gasteiger partial charge in [0.15, 0.2) is 0 Å². The smallest absolute Gasteiger partial charge is 0.311 e. The highest BCUT2D eigenvalue weighted by Gasteiger charge is 2.40. The first-order valence-corrected chi connectivity index (χ1v) is 4.79. The van der Waals surface area contributed by atoms with E-state index in [1.807, 2.05) is 0 Å². The van der Waals surface area contributed by atoms with Gasteiger partial charge in [0.1, 0.15) is 17.8 Å². The lowest BCUT2D eigenvalue weighted by Gasteiger charge is -2.14. The monoisotopic (exact) mass is 222 g/mol. The maximum Gasteiger partial charge on any atom is 0.311 e. The van der Waals surface area contributed by atoms with Gasteiger partial charge in [0.2, 0.25) is 0 Å². The third kappa shape index (κ3) is 1.84. The normalized spacial score (nSPS) is 24.1. The Morgan fingerprint density at radius 2 is 1.94 bits per heavy atom. The standard InChI is InChI=1S/C11H10O5/c12-7-3-1-6(2-4-7)10-8(11(14)15)5-9(13)16-10/h1-4,8,10,12H,5H2,(H,14,15)/t8-,10-/m1/s1. The Bertz CT molecular complexity index is 423. The second-order valence-electron chi connectivity index (χ2n) is 3.65. The van der Waals surface area contributed by atoms with Crippen LogP contribution in [0.15, 0.2) is 24.3 Å². The van der Waals surface area contributed by atoms with Crippen LogP contribution in [-0.4, -0.2) is 22.2 Å². The first-order chi connectivity index (χ1) is 7.58. The highest BCUT2D eigenvalue weighted by atomic mass is 16.6. The van der Waals surface area contributed by atoms with Crippen LogP contribution in [0.1, 0.15) is 18.1 Å². The number of carboxylic acid groups (broad SMARTS) is 1. The van der Waals surface area contributed by atoms with Crippen molar-refractivity contribution >= 4 is 11.9 Å². The number of benzene rings is 1. The van der Waals surface area contributed by atoms with Gasteiger partial charge in [-0.2, -0.15) is 0 Å². The van der Waals surface area contributed by atoms with E-state index in [2.05, 4.69) is 0 Å². The van der Waals surface area contributed by atoms with Gasteiger partial charge >= 0.3 is 11.9 Å². The average Bonchev–Trinajstić information content (AvgIpc) is 2.61. The minimum Gasteiger partial charge on any atom is -0.508 e. The van der Waals surface area contributed by atoms with E-state index in [4.69, 9.17) is 14.9 Å². The zero-order valence-corrected chi connectivity index (χ0v) is 8.29. The summed E-state index contributed by atoms with van der Waals surface area (Å²) in [5.74, 6) is -2.33. The Balaban J connectivity index is 2.28. The van der Waals surface area contributed by atoms with Crippen molar-refractivity contribution in [2.45, 2.75) is 12.5 Å². The summed E-state index contributed by atoms with van der Waals surface area (Å²) in [6.45, 7) is 0. The zero-order chi connectivity index (χ0) is 11.7. The molecule has 2 N–H and O–H groups in total. The highest BCUT2D eigenvalue weighted by Crippen LogP contribution is 2.35. The number of ether oxygens (including phenoxy) is 1. The molecule has 1 aromatic rings. The number of esters is 1. The number of aromatic hydroxyl groups is 1. The number of carbonyl (C=O) groups is 2. The second-order valence-corrected chi connectivity index (χ2v) is 3.65. The van der Waals surface area contributed by atoms with Gasteiger partial charge in [-0.1, -0.05) is 12.1 Å². The second kappa shape index (κ2) is 3.84. The molecule has 0 aromatic heterocycles. The van der Waals surface area contributed by atoms with Gasteiger partial charge in [0.25, 0.3) is 0 Å². The van der Waals surface area contributed by atoms with E-state index >= 15 is 0 Å². The highest BCUT2D eigenvalue weighted by molar-refractivity contribution is 5.82. The molecule has 0 amide bonds. The molecule has 1 aliphatic heterocycles. The fraction of sp³-hybridized carbons (Fsp3) is 0.273. The predicted octanol–water partition coefficient (Wildman–Crippen LogP) is 1.08. The van der Waals surface area contributed by atoms with Gasteiger partial charge in [-0.3, -0.25) is 9.59 Å². The zero-order valence-electron chi connectivity index (χ0n) is 8.29. The molecule has 0 aliphatic carbocycles. The van der Waals surface area contributed by atoms with Gasteiger partial charge < -0.3 is 14.9 Å². The van der Waals surface area contributed by atoms with E-state index < -0.39 is 24.0 Å². The predicted molar refractivity (Wildman–Crippen MR) is 52.7 cm³/mol. The minimum absolute atomic E-state index is 0.0833. The lowest BCUT2D eigenvalue weighted by molar-refractivity contribution is -0.144. The van der Waals surface area contributed by atoms with Crippen LogP contribution in [0.4, 0.5) is 0 Å². The Labute approximate surface area is 91.3 Å². The Morgan fingerprint density at radius 1 is 1.31 bits per heavy atom. The first-order valence-electron chi connectivity index (χ1n) is 4.79. The van der Waals surface area contributed by atoms with Crippen molar-refractivity contribution < 1.29 is 24.5 Å². The number of hydrogen-bond donors (Lipinski definition) is 2. The molecule has 84 valence electrons. The lowest BCUT2D eigenvalue weighted by atomic mass is 9.95. The minimum atomic E-state index is -1.05. The molecule has 1 aromatic carbocycles. The van der Waals surface area contributed by atoms with E-state index in [0.717, 1.165) is 0 Å². The van der Waals surface area contributed by atoms with Crippen LogP contribution in [0.2, 0.25) is 0 Å². The van der Waals surface area contributed by atoms with Crippen LogP contribution in [-0.2, 0) is 14.3 Å². The third-order valence-electron chi connectivity index (χ3n) is 2.55. The van der Waals surface area contributed by atoms with E-state index in [9.17, 15) is 9.59 Å². The molecule has 5 heteroatoms. The molecule has 2 atom stereocenters. The maximum absolute atomic E-state index is 11.1. The van der Waals surface area contributed by atoms with Gasteiger partial charge in [0.05, 0.1) is 6.42 Å². The summed E-state index contributed by atoms with van der Waals surface area (Å²) in [4.78, 5) is 22.0. The van der Waals surface area contributed by atoms with Crippen molar-refractivity contribution in [3.8, 4) is 5.75 Å². The van der Waals surface area contributed by atoms with E-state index in [1.165, 1.54) is 12.1 Å². The molecule has 1 heterocycles. The van der Waals surface area contributed by atoms with Crippen molar-refractivity contribution in [3.05, 3.63) is 29.8 Å². The molecule has 1 aliphatic rings. The average molecular weight is 222 g/mol. The van der Waals surface area contributed by atoms with Crippen LogP contribution >= 0.6 is 0 Å². The van der Waals surface area contributed by atoms with Crippen LogP contribution in [0.3, 0.4) is 0 Å². The van der Waals surface area contributed by atoms with Gasteiger partial charge in [-0.25, -0.2) is 0 Å². The molecular weight excluding hydrogens is 212 g/mol. The van der Waals surface area contributed by atoms with Crippen LogP contribution in [0.25, 0.3) is 0 Å². The number of carbonyl (C=O) groups excluding carboxylic acids is 1. The third-order valence-corrected chi connectivity index (χ3v) is 2.55. The number of phenols is 1. The van der Waals surface area contributed by atoms with Crippen molar-refractivity contribution in [2.75, 3.05) is 0 Å². The summed E-state index contributed by atoms with van der Waals surface area (Å²) in [7, 11) is 0. The summed E-state index contributed by atoms with van der Waals surface area (Å²) < 4.78 is 4.96. The Kier molecular flexibility index (Phi) is 2.52. The summed E-state index contributed by atoms with van der Waals surface area (Å²) in [6.07, 6.45) is -0.869. The Morgan fingerprint density at radius 3 is 2.50 bits per heavy atom. The number of cyclic esters (lactones) is 1. The molecule has 1 saturated heterocycles. The van der Waals surface area contributed by atoms with Gasteiger partial charge in [-0.05, 0) is 17.7 Å². The summed E-state index contributed by atoms with van der Waals surface area (Å²) in [5.41, 5.74) is 0.580. The fourth-order valence-electron chi connectivity index (χ4n) is 1.74. The van der Waals surface area contributed by atoms with Crippen molar-refractivity contribution in [1.29, 1.82) is 0 Å². The summed E-state index contributed by atoms with van der Waals surface area (Å²) in [6, 6.07) is 5.96. The quantitative estimate of drug-likeness (QED) is 0.731. The van der Waals surface area contributed by atoms with Crippen LogP contribution in [0, 0.1) is 5.92 Å². The molecule has 2 rings (SSSR count). The number of phenolic OH excluding ortho intramolecular Hbond substituents is 1. The van der Waals surface area contributed by atoms with Crippen LogP contribution in [0.5, 0.6) is 5.75 Å². The topological polar surface area (TPSA) is 83.8 Å². The maximum atomic E-state index is 11.1. The SMILES string of the molecule is O=C1C[C@@H](C(=O)O)[C@@H](c2ccc(O)cc2)O1. The van der Waals surface area contributed by atoms with Gasteiger partial charge in [-0.15, -0.1) is 0 Å². The molecule has 1 fully saturated rings. The summed E-state index contributed by atoms with van der Waals surface area (Å²) >= 11 is 0. The summed E-state index contributed by atoms with van der Waals surface area (Å²) in [5, 5.41) is 18.0. The number of rotatable bonds is 2. The van der Waals surface area contributed by atoms with Crippen molar-refractivity contribution in [1.82, 2.24) is 0 Å². The van der Waals surface area contributed by atoms with Gasteiger partial charge in [0, 0.05) is 0 Å². The van der Waals surface area contributed by atoms with Crippen molar-refractivity contribution in [2.24, 2.45) is 5.92 Å². The number of hydrogen-bond acceptors (Lipinski definition) is 4. The fourth-order valence-corrected chi connectivity index (χ4v) is 1.74. The molecule has 0 spiro atoms. The molecule has 0 unspecified atom stereocenters. The lowest BCUT2D eigenvalue weighted by Crippen LogP contribution is -2.17.